The molecule has 0 aliphatic heterocycles. The van der Waals surface area contributed by atoms with E-state index in [4.69, 9.17) is 0 Å². The molecular formula is C18H10FN3O2S. The number of halogens is 1. The van der Waals surface area contributed by atoms with Crippen molar-refractivity contribution in [2.75, 3.05) is 0 Å². The molecule has 0 aliphatic carbocycles. The first-order valence-corrected chi connectivity index (χ1v) is 8.03. The number of non-ortho nitro benzene ring substituents is 1. The van der Waals surface area contributed by atoms with Crippen molar-refractivity contribution >= 4 is 28.7 Å². The van der Waals surface area contributed by atoms with Crippen LogP contribution in [0.2, 0.25) is 0 Å². The highest BCUT2D eigenvalue weighted by Gasteiger charge is 2.11. The largest absolute Gasteiger partial charge is 0.269 e. The van der Waals surface area contributed by atoms with E-state index in [-0.39, 0.29) is 11.5 Å². The molecule has 1 aromatic heterocycles. The van der Waals surface area contributed by atoms with E-state index in [0.29, 0.717) is 21.8 Å². The van der Waals surface area contributed by atoms with Crippen LogP contribution in [0.15, 0.2) is 53.9 Å². The second-order valence-corrected chi connectivity index (χ2v) is 5.92. The van der Waals surface area contributed by atoms with Crippen LogP contribution in [-0.2, 0) is 0 Å². The molecule has 0 spiro atoms. The lowest BCUT2D eigenvalue weighted by Crippen LogP contribution is -1.87. The van der Waals surface area contributed by atoms with Gasteiger partial charge >= 0.3 is 0 Å². The number of nitro benzene ring substituents is 1. The molecule has 3 rings (SSSR count). The fourth-order valence-corrected chi connectivity index (χ4v) is 2.95. The Bertz CT molecular complexity index is 986. The number of nitro groups is 1. The lowest BCUT2D eigenvalue weighted by Gasteiger charge is -1.97. The zero-order chi connectivity index (χ0) is 17.8. The number of hydrogen-bond donors (Lipinski definition) is 0. The molecule has 0 saturated carbocycles. The van der Waals surface area contributed by atoms with Crippen molar-refractivity contribution in [3.05, 3.63) is 80.4 Å². The van der Waals surface area contributed by atoms with Crippen LogP contribution in [0.5, 0.6) is 0 Å². The number of allylic oxidation sites excluding steroid dienone is 1. The van der Waals surface area contributed by atoms with E-state index in [1.54, 1.807) is 35.7 Å². The van der Waals surface area contributed by atoms with Crippen LogP contribution in [0.1, 0.15) is 10.6 Å². The van der Waals surface area contributed by atoms with Crippen molar-refractivity contribution in [2.24, 2.45) is 0 Å². The topological polar surface area (TPSA) is 79.8 Å². The Morgan fingerprint density at radius 3 is 2.48 bits per heavy atom. The van der Waals surface area contributed by atoms with Crippen LogP contribution in [0.4, 0.5) is 10.1 Å². The highest BCUT2D eigenvalue weighted by molar-refractivity contribution is 7.11. The van der Waals surface area contributed by atoms with E-state index in [2.05, 4.69) is 11.1 Å². The molecule has 0 fully saturated rings. The van der Waals surface area contributed by atoms with Crippen molar-refractivity contribution in [2.45, 2.75) is 0 Å². The average Bonchev–Trinajstić information content (AvgIpc) is 3.11. The van der Waals surface area contributed by atoms with Crippen molar-refractivity contribution < 1.29 is 9.31 Å². The fourth-order valence-electron chi connectivity index (χ4n) is 2.15. The second kappa shape index (κ2) is 7.03. The van der Waals surface area contributed by atoms with E-state index in [0.717, 1.165) is 5.56 Å². The van der Waals surface area contributed by atoms with Gasteiger partial charge in [0.05, 0.1) is 16.2 Å². The van der Waals surface area contributed by atoms with Crippen LogP contribution in [0.3, 0.4) is 0 Å². The van der Waals surface area contributed by atoms with E-state index < -0.39 is 4.92 Å². The zero-order valence-corrected chi connectivity index (χ0v) is 13.5. The van der Waals surface area contributed by atoms with Crippen LogP contribution in [0.25, 0.3) is 22.9 Å². The number of rotatable bonds is 4. The zero-order valence-electron chi connectivity index (χ0n) is 12.7. The predicted molar refractivity (Wildman–Crippen MR) is 94.1 cm³/mol. The molecule has 0 N–H and O–H groups in total. The average molecular weight is 351 g/mol. The van der Waals surface area contributed by atoms with E-state index >= 15 is 0 Å². The minimum absolute atomic E-state index is 0.00752. The Kier molecular flexibility index (Phi) is 4.64. The van der Waals surface area contributed by atoms with Gasteiger partial charge in [-0.3, -0.25) is 10.1 Å². The van der Waals surface area contributed by atoms with Gasteiger partial charge in [-0.05, 0) is 35.9 Å². The quantitative estimate of drug-likeness (QED) is 0.379. The van der Waals surface area contributed by atoms with Gasteiger partial charge in [-0.25, -0.2) is 9.37 Å². The highest BCUT2D eigenvalue weighted by Crippen LogP contribution is 2.28. The van der Waals surface area contributed by atoms with Gasteiger partial charge in [-0.1, -0.05) is 12.1 Å². The molecule has 0 unspecified atom stereocenters. The Morgan fingerprint density at radius 1 is 1.20 bits per heavy atom. The molecule has 0 radical (unpaired) electrons. The van der Waals surface area contributed by atoms with Crippen LogP contribution >= 0.6 is 11.3 Å². The lowest BCUT2D eigenvalue weighted by molar-refractivity contribution is -0.384. The van der Waals surface area contributed by atoms with Gasteiger partial charge < -0.3 is 0 Å². The van der Waals surface area contributed by atoms with Gasteiger partial charge in [0.1, 0.15) is 16.9 Å². The minimum Gasteiger partial charge on any atom is -0.258 e. The summed E-state index contributed by atoms with van der Waals surface area (Å²) in [6.45, 7) is 0. The minimum atomic E-state index is -0.463. The Hall–Kier alpha value is -3.37. The summed E-state index contributed by atoms with van der Waals surface area (Å²) in [7, 11) is 0. The Morgan fingerprint density at radius 2 is 1.88 bits per heavy atom. The Balaban J connectivity index is 1.90. The first-order valence-electron chi connectivity index (χ1n) is 7.15. The number of benzene rings is 2. The SMILES string of the molecule is N#C/C(=C/c1ccc(F)cc1)c1nc(-c2ccc([N+](=O)[O-])cc2)cs1. The van der Waals surface area contributed by atoms with Crippen molar-refractivity contribution in [3.63, 3.8) is 0 Å². The van der Waals surface area contributed by atoms with Gasteiger partial charge in [-0.2, -0.15) is 5.26 Å². The smallest absolute Gasteiger partial charge is 0.258 e. The monoisotopic (exact) mass is 351 g/mol. The van der Waals surface area contributed by atoms with Crippen molar-refractivity contribution in [1.82, 2.24) is 4.98 Å². The van der Waals surface area contributed by atoms with Gasteiger partial charge in [0.15, 0.2) is 0 Å². The van der Waals surface area contributed by atoms with E-state index in [1.165, 1.54) is 35.6 Å². The number of hydrogen-bond acceptors (Lipinski definition) is 5. The van der Waals surface area contributed by atoms with Gasteiger partial charge in [0, 0.05) is 23.1 Å². The van der Waals surface area contributed by atoms with Crippen molar-refractivity contribution in [1.29, 1.82) is 5.26 Å². The summed E-state index contributed by atoms with van der Waals surface area (Å²) >= 11 is 1.30. The molecule has 122 valence electrons. The van der Waals surface area contributed by atoms with Gasteiger partial charge in [0.2, 0.25) is 0 Å². The number of nitriles is 1. The first kappa shape index (κ1) is 16.5. The molecular weight excluding hydrogens is 341 g/mol. The summed E-state index contributed by atoms with van der Waals surface area (Å²) in [6, 6.07) is 14.0. The maximum atomic E-state index is 13.0. The maximum Gasteiger partial charge on any atom is 0.269 e. The molecule has 0 saturated heterocycles. The standard InChI is InChI=1S/C18H10FN3O2S/c19-15-5-1-12(2-6-15)9-14(10-20)18-21-17(11-25-18)13-3-7-16(8-4-13)22(23)24/h1-9,11H/b14-9-. The number of aromatic nitrogens is 1. The highest BCUT2D eigenvalue weighted by atomic mass is 32.1. The number of nitrogens with zero attached hydrogens (tertiary/aromatic N) is 3. The maximum absolute atomic E-state index is 13.0. The molecule has 5 nitrogen and oxygen atoms in total. The van der Waals surface area contributed by atoms with Crippen LogP contribution in [0, 0.1) is 27.3 Å². The summed E-state index contributed by atoms with van der Waals surface area (Å²) in [4.78, 5) is 14.7. The molecule has 3 aromatic rings. The second-order valence-electron chi connectivity index (χ2n) is 5.06. The summed E-state index contributed by atoms with van der Waals surface area (Å²) < 4.78 is 13.0. The third-order valence-corrected chi connectivity index (χ3v) is 4.29. The first-order chi connectivity index (χ1) is 12.1. The fraction of sp³-hybridized carbons (Fsp3) is 0. The molecule has 0 atom stereocenters. The summed E-state index contributed by atoms with van der Waals surface area (Å²) in [5.41, 5.74) is 2.44. The van der Waals surface area contributed by atoms with Gasteiger partial charge in [0.25, 0.3) is 5.69 Å². The molecule has 25 heavy (non-hydrogen) atoms. The molecule has 1 heterocycles. The van der Waals surface area contributed by atoms with E-state index in [9.17, 15) is 19.8 Å². The summed E-state index contributed by atoms with van der Waals surface area (Å²) in [5.74, 6) is -0.342. The third-order valence-electron chi connectivity index (χ3n) is 3.41. The molecule has 7 heteroatoms. The number of thiazole rings is 1. The molecule has 2 aromatic carbocycles. The third kappa shape index (κ3) is 3.76. The van der Waals surface area contributed by atoms with Crippen LogP contribution in [-0.4, -0.2) is 9.91 Å². The predicted octanol–water partition coefficient (Wildman–Crippen LogP) is 4.92. The molecule has 0 bridgehead atoms. The lowest BCUT2D eigenvalue weighted by atomic mass is 10.1. The summed E-state index contributed by atoms with van der Waals surface area (Å²) in [6.07, 6.45) is 1.64. The normalized spacial score (nSPS) is 11.1. The summed E-state index contributed by atoms with van der Waals surface area (Å²) in [5, 5.41) is 22.4. The molecule has 0 aliphatic rings. The van der Waals surface area contributed by atoms with Gasteiger partial charge in [-0.15, -0.1) is 11.3 Å². The van der Waals surface area contributed by atoms with Crippen LogP contribution < -0.4 is 0 Å². The molecule has 0 amide bonds. The van der Waals surface area contributed by atoms with E-state index in [1.807, 2.05) is 0 Å². The Labute approximate surface area is 146 Å². The van der Waals surface area contributed by atoms with Crippen molar-refractivity contribution in [3.8, 4) is 17.3 Å².